The van der Waals surface area contributed by atoms with Gasteiger partial charge in [-0.3, -0.25) is 14.9 Å². The summed E-state index contributed by atoms with van der Waals surface area (Å²) in [7, 11) is 1.91. The van der Waals surface area contributed by atoms with Crippen molar-refractivity contribution in [1.82, 2.24) is 4.57 Å². The van der Waals surface area contributed by atoms with E-state index in [-0.39, 0.29) is 23.6 Å². The van der Waals surface area contributed by atoms with E-state index in [1.54, 1.807) is 12.1 Å². The van der Waals surface area contributed by atoms with Gasteiger partial charge in [-0.2, -0.15) is 0 Å². The lowest BCUT2D eigenvalue weighted by Gasteiger charge is -2.09. The fraction of sp³-hybridized carbons (Fsp3) is 0.160. The van der Waals surface area contributed by atoms with E-state index in [2.05, 4.69) is 0 Å². The molecule has 0 spiro atoms. The number of nitro benzene ring substituents is 1. The van der Waals surface area contributed by atoms with Crippen LogP contribution in [0.4, 0.5) is 5.69 Å². The number of aromatic nitrogens is 1. The SMILES string of the molecule is Cn1c(CCC(=O)O)cc2cc(OCc3ccc(-c4ccccc4)c([N+](=O)[O-])c3)ccc21. The second-order valence-corrected chi connectivity index (χ2v) is 7.57. The Morgan fingerprint density at radius 2 is 1.84 bits per heavy atom. The molecule has 32 heavy (non-hydrogen) atoms. The molecule has 0 amide bonds. The molecule has 0 fully saturated rings. The molecule has 0 saturated carbocycles. The molecule has 0 unspecified atom stereocenters. The molecular weight excluding hydrogens is 408 g/mol. The van der Waals surface area contributed by atoms with Crippen LogP contribution in [-0.4, -0.2) is 20.6 Å². The molecule has 1 aromatic heterocycles. The van der Waals surface area contributed by atoms with Crippen LogP contribution in [0.1, 0.15) is 17.7 Å². The maximum Gasteiger partial charge on any atom is 0.303 e. The van der Waals surface area contributed by atoms with Gasteiger partial charge in [-0.05, 0) is 47.9 Å². The minimum Gasteiger partial charge on any atom is -0.489 e. The highest BCUT2D eigenvalue weighted by molar-refractivity contribution is 5.83. The van der Waals surface area contributed by atoms with Crippen molar-refractivity contribution in [1.29, 1.82) is 0 Å². The van der Waals surface area contributed by atoms with Crippen LogP contribution in [0, 0.1) is 10.1 Å². The number of rotatable bonds is 8. The summed E-state index contributed by atoms with van der Waals surface area (Å²) in [5.41, 5.74) is 4.02. The average Bonchev–Trinajstić information content (AvgIpc) is 3.11. The quantitative estimate of drug-likeness (QED) is 0.300. The molecule has 4 rings (SSSR count). The Morgan fingerprint density at radius 3 is 2.56 bits per heavy atom. The van der Waals surface area contributed by atoms with Crippen LogP contribution in [0.25, 0.3) is 22.0 Å². The zero-order valence-corrected chi connectivity index (χ0v) is 17.5. The second-order valence-electron chi connectivity index (χ2n) is 7.57. The predicted molar refractivity (Wildman–Crippen MR) is 122 cm³/mol. The Labute approximate surface area is 184 Å². The third kappa shape index (κ3) is 4.46. The van der Waals surface area contributed by atoms with Crippen LogP contribution in [0.3, 0.4) is 0 Å². The molecule has 0 bridgehead atoms. The number of hydrogen-bond acceptors (Lipinski definition) is 4. The minimum absolute atomic E-state index is 0.0406. The molecule has 1 heterocycles. The molecule has 0 aliphatic carbocycles. The van der Waals surface area contributed by atoms with Crippen molar-refractivity contribution in [3.05, 3.63) is 94.2 Å². The number of fused-ring (bicyclic) bond motifs is 1. The van der Waals surface area contributed by atoms with Gasteiger partial charge in [0.25, 0.3) is 5.69 Å². The van der Waals surface area contributed by atoms with Crippen LogP contribution in [0.2, 0.25) is 0 Å². The van der Waals surface area contributed by atoms with Gasteiger partial charge in [-0.15, -0.1) is 0 Å². The first-order valence-corrected chi connectivity index (χ1v) is 10.2. The van der Waals surface area contributed by atoms with Crippen LogP contribution < -0.4 is 4.74 Å². The highest BCUT2D eigenvalue weighted by Crippen LogP contribution is 2.31. The molecule has 4 aromatic rings. The van der Waals surface area contributed by atoms with Crippen molar-refractivity contribution < 1.29 is 19.6 Å². The van der Waals surface area contributed by atoms with Crippen molar-refractivity contribution in [3.8, 4) is 16.9 Å². The fourth-order valence-electron chi connectivity index (χ4n) is 3.80. The van der Waals surface area contributed by atoms with E-state index in [1.165, 1.54) is 0 Å². The molecule has 7 nitrogen and oxygen atoms in total. The number of benzene rings is 3. The molecule has 0 atom stereocenters. The van der Waals surface area contributed by atoms with Crippen LogP contribution in [0.5, 0.6) is 5.75 Å². The highest BCUT2D eigenvalue weighted by atomic mass is 16.6. The third-order valence-electron chi connectivity index (χ3n) is 5.46. The molecular formula is C25H22N2O5. The Balaban J connectivity index is 1.53. The van der Waals surface area contributed by atoms with E-state index in [1.807, 2.05) is 72.3 Å². The molecule has 0 aliphatic rings. The average molecular weight is 430 g/mol. The predicted octanol–water partition coefficient (Wildman–Crippen LogP) is 5.35. The van der Waals surface area contributed by atoms with E-state index in [4.69, 9.17) is 9.84 Å². The van der Waals surface area contributed by atoms with Gasteiger partial charge in [0.1, 0.15) is 12.4 Å². The maximum atomic E-state index is 11.6. The van der Waals surface area contributed by atoms with Crippen molar-refractivity contribution in [2.24, 2.45) is 7.05 Å². The highest BCUT2D eigenvalue weighted by Gasteiger charge is 2.16. The van der Waals surface area contributed by atoms with Gasteiger partial charge < -0.3 is 14.4 Å². The van der Waals surface area contributed by atoms with Crippen LogP contribution >= 0.6 is 0 Å². The Kier molecular flexibility index (Phi) is 5.89. The van der Waals surface area contributed by atoms with Gasteiger partial charge >= 0.3 is 5.97 Å². The fourth-order valence-corrected chi connectivity index (χ4v) is 3.80. The van der Waals surface area contributed by atoms with Gasteiger partial charge in [0.15, 0.2) is 0 Å². The lowest BCUT2D eigenvalue weighted by atomic mass is 10.0. The number of carboxylic acid groups (broad SMARTS) is 1. The lowest BCUT2D eigenvalue weighted by Crippen LogP contribution is -2.01. The van der Waals surface area contributed by atoms with Crippen molar-refractivity contribution >= 4 is 22.6 Å². The Morgan fingerprint density at radius 1 is 1.06 bits per heavy atom. The Hall–Kier alpha value is -4.13. The molecule has 3 aromatic carbocycles. The number of ether oxygens (including phenoxy) is 1. The zero-order valence-electron chi connectivity index (χ0n) is 17.5. The maximum absolute atomic E-state index is 11.6. The normalized spacial score (nSPS) is 10.9. The van der Waals surface area contributed by atoms with Gasteiger partial charge in [0.05, 0.1) is 16.9 Å². The number of aliphatic carboxylic acids is 1. The standard InChI is InChI=1S/C25H22N2O5/c1-26-20(8-12-25(28)29)14-19-15-21(9-11-23(19)26)32-16-17-7-10-22(24(13-17)27(30)31)18-5-3-2-4-6-18/h2-7,9-11,13-15H,8,12,16H2,1H3,(H,28,29). The summed E-state index contributed by atoms with van der Waals surface area (Å²) in [5, 5.41) is 21.5. The summed E-state index contributed by atoms with van der Waals surface area (Å²) >= 11 is 0. The Bertz CT molecular complexity index is 1290. The number of hydrogen-bond donors (Lipinski definition) is 1. The van der Waals surface area contributed by atoms with Gasteiger partial charge in [-0.25, -0.2) is 0 Å². The van der Waals surface area contributed by atoms with E-state index in [9.17, 15) is 14.9 Å². The summed E-state index contributed by atoms with van der Waals surface area (Å²) in [4.78, 5) is 22.1. The van der Waals surface area contributed by atoms with Crippen molar-refractivity contribution in [2.75, 3.05) is 0 Å². The molecule has 162 valence electrons. The van der Waals surface area contributed by atoms with Crippen LogP contribution in [-0.2, 0) is 24.9 Å². The summed E-state index contributed by atoms with van der Waals surface area (Å²) in [6.45, 7) is 0.195. The first kappa shape index (κ1) is 21.1. The van der Waals surface area contributed by atoms with Crippen molar-refractivity contribution in [2.45, 2.75) is 19.4 Å². The smallest absolute Gasteiger partial charge is 0.303 e. The topological polar surface area (TPSA) is 94.6 Å². The van der Waals surface area contributed by atoms with Gasteiger partial charge in [-0.1, -0.05) is 36.4 Å². The van der Waals surface area contributed by atoms with Gasteiger partial charge in [0, 0.05) is 29.7 Å². The molecule has 0 radical (unpaired) electrons. The number of carbonyl (C=O) groups is 1. The summed E-state index contributed by atoms with van der Waals surface area (Å²) in [6.07, 6.45) is 0.527. The first-order valence-electron chi connectivity index (χ1n) is 10.2. The third-order valence-corrected chi connectivity index (χ3v) is 5.46. The number of nitro groups is 1. The number of nitrogens with zero attached hydrogens (tertiary/aromatic N) is 2. The molecule has 0 saturated heterocycles. The number of carboxylic acids is 1. The van der Waals surface area contributed by atoms with E-state index < -0.39 is 5.97 Å². The van der Waals surface area contributed by atoms with E-state index in [0.29, 0.717) is 23.3 Å². The lowest BCUT2D eigenvalue weighted by molar-refractivity contribution is -0.384. The molecule has 0 aliphatic heterocycles. The monoisotopic (exact) mass is 430 g/mol. The summed E-state index contributed by atoms with van der Waals surface area (Å²) in [5.74, 6) is -0.186. The van der Waals surface area contributed by atoms with Gasteiger partial charge in [0.2, 0.25) is 0 Å². The minimum atomic E-state index is -0.827. The van der Waals surface area contributed by atoms with E-state index >= 15 is 0 Å². The number of aryl methyl sites for hydroxylation is 2. The van der Waals surface area contributed by atoms with Crippen LogP contribution in [0.15, 0.2) is 72.8 Å². The first-order chi connectivity index (χ1) is 15.4. The van der Waals surface area contributed by atoms with Crippen molar-refractivity contribution in [3.63, 3.8) is 0 Å². The largest absolute Gasteiger partial charge is 0.489 e. The van der Waals surface area contributed by atoms with E-state index in [0.717, 1.165) is 22.2 Å². The molecule has 1 N–H and O–H groups in total. The molecule has 7 heteroatoms. The second kappa shape index (κ2) is 8.93. The summed E-state index contributed by atoms with van der Waals surface area (Å²) in [6, 6.07) is 22.0. The summed E-state index contributed by atoms with van der Waals surface area (Å²) < 4.78 is 7.88. The zero-order chi connectivity index (χ0) is 22.7.